The fraction of sp³-hybridized carbons (Fsp3) is 0.647. The number of nitrogens with zero attached hydrogens (tertiary/aromatic N) is 3. The number of rotatable bonds is 4. The topological polar surface area (TPSA) is 51.9 Å². The van der Waals surface area contributed by atoms with Gasteiger partial charge in [0.05, 0.1) is 11.1 Å². The number of anilines is 2. The first-order chi connectivity index (χ1) is 9.89. The number of allylic oxidation sites excluding steroid dienone is 2. The van der Waals surface area contributed by atoms with Crippen LogP contribution in [0.3, 0.4) is 0 Å². The van der Waals surface area contributed by atoms with Gasteiger partial charge in [0.1, 0.15) is 11.6 Å². The van der Waals surface area contributed by atoms with E-state index in [1.54, 1.807) is 0 Å². The van der Waals surface area contributed by atoms with Gasteiger partial charge in [0, 0.05) is 6.54 Å². The third-order valence-corrected chi connectivity index (χ3v) is 3.54. The second-order valence-electron chi connectivity index (χ2n) is 7.74. The van der Waals surface area contributed by atoms with Crippen molar-refractivity contribution in [1.82, 2.24) is 4.57 Å². The van der Waals surface area contributed by atoms with Crippen molar-refractivity contribution in [3.8, 4) is 0 Å². The summed E-state index contributed by atoms with van der Waals surface area (Å²) in [4.78, 5) is 0. The molecular weight excluding hydrogens is 278 g/mol. The maximum absolute atomic E-state index is 10.5. The smallest absolute Gasteiger partial charge is 0.135 e. The van der Waals surface area contributed by atoms with Crippen LogP contribution in [0.5, 0.6) is 0 Å². The van der Waals surface area contributed by atoms with E-state index < -0.39 is 11.1 Å². The largest absolute Gasteiger partial charge is 0.307 e. The van der Waals surface area contributed by atoms with Gasteiger partial charge in [-0.3, -0.25) is 10.4 Å². The highest BCUT2D eigenvalue weighted by Crippen LogP contribution is 2.32. The van der Waals surface area contributed by atoms with E-state index in [9.17, 15) is 10.4 Å². The molecule has 5 nitrogen and oxygen atoms in total. The van der Waals surface area contributed by atoms with E-state index in [-0.39, 0.29) is 0 Å². The molecule has 22 heavy (non-hydrogen) atoms. The summed E-state index contributed by atoms with van der Waals surface area (Å²) in [5, 5.41) is 23.5. The molecular formula is C17H31N3O2. The van der Waals surface area contributed by atoms with Crippen molar-refractivity contribution in [2.24, 2.45) is 0 Å². The summed E-state index contributed by atoms with van der Waals surface area (Å²) in [6.45, 7) is 16.2. The molecule has 0 bridgehead atoms. The average Bonchev–Trinajstić information content (AvgIpc) is 2.77. The summed E-state index contributed by atoms with van der Waals surface area (Å²) in [5.41, 5.74) is 0.293. The van der Waals surface area contributed by atoms with Crippen molar-refractivity contribution >= 4 is 11.6 Å². The minimum Gasteiger partial charge on any atom is -0.307 e. The van der Waals surface area contributed by atoms with Gasteiger partial charge in [-0.25, -0.2) is 10.1 Å². The third-order valence-electron chi connectivity index (χ3n) is 3.54. The summed E-state index contributed by atoms with van der Waals surface area (Å²) in [6, 6.07) is 3.66. The molecule has 0 saturated carbocycles. The Bertz CT molecular complexity index is 496. The van der Waals surface area contributed by atoms with Crippen LogP contribution in [0.2, 0.25) is 0 Å². The lowest BCUT2D eigenvalue weighted by Gasteiger charge is -2.35. The van der Waals surface area contributed by atoms with Crippen LogP contribution in [0.4, 0.5) is 11.6 Å². The first-order valence-electron chi connectivity index (χ1n) is 7.69. The van der Waals surface area contributed by atoms with Crippen LogP contribution in [0.1, 0.15) is 55.4 Å². The predicted molar refractivity (Wildman–Crippen MR) is 91.9 cm³/mol. The van der Waals surface area contributed by atoms with E-state index >= 15 is 0 Å². The van der Waals surface area contributed by atoms with Gasteiger partial charge in [0.15, 0.2) is 0 Å². The molecule has 1 heterocycles. The second-order valence-corrected chi connectivity index (χ2v) is 7.74. The van der Waals surface area contributed by atoms with E-state index in [4.69, 9.17) is 0 Å². The Morgan fingerprint density at radius 1 is 1.00 bits per heavy atom. The monoisotopic (exact) mass is 309 g/mol. The van der Waals surface area contributed by atoms with Crippen LogP contribution in [-0.4, -0.2) is 26.1 Å². The predicted octanol–water partition coefficient (Wildman–Crippen LogP) is 4.44. The maximum atomic E-state index is 10.5. The fourth-order valence-electron chi connectivity index (χ4n) is 2.01. The molecule has 0 amide bonds. The van der Waals surface area contributed by atoms with Gasteiger partial charge in [-0.2, -0.15) is 0 Å². The van der Waals surface area contributed by atoms with Crippen LogP contribution in [0.15, 0.2) is 23.8 Å². The summed E-state index contributed by atoms with van der Waals surface area (Å²) in [7, 11) is 0. The van der Waals surface area contributed by atoms with Crippen molar-refractivity contribution in [3.63, 3.8) is 0 Å². The zero-order valence-corrected chi connectivity index (χ0v) is 15.2. The minimum absolute atomic E-state index is 0.431. The maximum Gasteiger partial charge on any atom is 0.135 e. The SMILES string of the molecule is C/C=C(/C)Cn1c(N(O)C(C)(C)C)ccc1N(O)C(C)(C)C. The van der Waals surface area contributed by atoms with E-state index in [1.165, 1.54) is 10.1 Å². The minimum atomic E-state index is -0.431. The van der Waals surface area contributed by atoms with Gasteiger partial charge in [0.2, 0.25) is 0 Å². The van der Waals surface area contributed by atoms with Crippen molar-refractivity contribution in [2.45, 2.75) is 73.0 Å². The Labute approximate surface area is 134 Å². The Hall–Kier alpha value is -1.46. The zero-order valence-electron chi connectivity index (χ0n) is 15.2. The Balaban J connectivity index is 3.39. The van der Waals surface area contributed by atoms with Crippen LogP contribution in [0, 0.1) is 0 Å². The first-order valence-corrected chi connectivity index (χ1v) is 7.69. The normalized spacial score (nSPS) is 13.5. The lowest BCUT2D eigenvalue weighted by atomic mass is 10.1. The lowest BCUT2D eigenvalue weighted by molar-refractivity contribution is 0.167. The van der Waals surface area contributed by atoms with Gasteiger partial charge < -0.3 is 4.57 Å². The third kappa shape index (κ3) is 4.05. The fourth-order valence-corrected chi connectivity index (χ4v) is 2.01. The van der Waals surface area contributed by atoms with Crippen molar-refractivity contribution in [3.05, 3.63) is 23.8 Å². The van der Waals surface area contributed by atoms with Gasteiger partial charge in [0.25, 0.3) is 0 Å². The van der Waals surface area contributed by atoms with Crippen LogP contribution in [0.25, 0.3) is 0 Å². The standard InChI is InChI=1S/C17H31N3O2/c1-9-13(2)12-18-14(19(21)16(3,4)5)10-11-15(18)20(22)17(6,7)8/h9-11,21-22H,12H2,1-8H3/b13-9-. The van der Waals surface area contributed by atoms with Crippen molar-refractivity contribution in [1.29, 1.82) is 0 Å². The molecule has 1 rings (SSSR count). The quantitative estimate of drug-likeness (QED) is 0.637. The van der Waals surface area contributed by atoms with E-state index in [0.29, 0.717) is 18.2 Å². The molecule has 126 valence electrons. The van der Waals surface area contributed by atoms with Crippen molar-refractivity contribution < 1.29 is 10.4 Å². The number of hydrogen-bond acceptors (Lipinski definition) is 4. The van der Waals surface area contributed by atoms with Crippen LogP contribution >= 0.6 is 0 Å². The average molecular weight is 309 g/mol. The summed E-state index contributed by atoms with van der Waals surface area (Å²) in [6.07, 6.45) is 2.03. The van der Waals surface area contributed by atoms with Crippen LogP contribution < -0.4 is 10.1 Å². The lowest BCUT2D eigenvalue weighted by Crippen LogP contribution is -2.42. The molecule has 0 atom stereocenters. The van der Waals surface area contributed by atoms with Gasteiger partial charge in [-0.15, -0.1) is 0 Å². The van der Waals surface area contributed by atoms with E-state index in [0.717, 1.165) is 5.57 Å². The molecule has 1 aromatic rings. The molecule has 5 heteroatoms. The second kappa shape index (κ2) is 6.34. The molecule has 0 unspecified atom stereocenters. The van der Waals surface area contributed by atoms with Gasteiger partial charge in [-0.05, 0) is 67.5 Å². The molecule has 1 aromatic heterocycles. The summed E-state index contributed by atoms with van der Waals surface area (Å²) < 4.78 is 1.92. The van der Waals surface area contributed by atoms with Crippen molar-refractivity contribution in [2.75, 3.05) is 10.1 Å². The molecule has 0 aliphatic carbocycles. The van der Waals surface area contributed by atoms with Gasteiger partial charge in [-0.1, -0.05) is 11.6 Å². The van der Waals surface area contributed by atoms with Gasteiger partial charge >= 0.3 is 0 Å². The molecule has 0 radical (unpaired) electrons. The summed E-state index contributed by atoms with van der Waals surface area (Å²) in [5.74, 6) is 1.32. The number of aromatic nitrogens is 1. The molecule has 0 aliphatic heterocycles. The highest BCUT2D eigenvalue weighted by Gasteiger charge is 2.28. The van der Waals surface area contributed by atoms with E-state index in [2.05, 4.69) is 0 Å². The summed E-state index contributed by atoms with van der Waals surface area (Å²) >= 11 is 0. The molecule has 2 N–H and O–H groups in total. The Morgan fingerprint density at radius 2 is 1.36 bits per heavy atom. The number of hydroxylamine groups is 2. The molecule has 0 aliphatic rings. The van der Waals surface area contributed by atoms with Crippen LogP contribution in [-0.2, 0) is 6.54 Å². The molecule has 0 spiro atoms. The Morgan fingerprint density at radius 3 is 1.64 bits per heavy atom. The molecule has 0 aromatic carbocycles. The Kier molecular flexibility index (Phi) is 5.36. The molecule has 0 fully saturated rings. The molecule has 0 saturated heterocycles. The number of hydrogen-bond donors (Lipinski definition) is 2. The van der Waals surface area contributed by atoms with E-state index in [1.807, 2.05) is 78.2 Å². The zero-order chi connectivity index (χ0) is 17.3. The highest BCUT2D eigenvalue weighted by molar-refractivity contribution is 5.54. The first kappa shape index (κ1) is 18.6. The highest BCUT2D eigenvalue weighted by atomic mass is 16.5.